The Morgan fingerprint density at radius 2 is 1.88 bits per heavy atom. The van der Waals surface area contributed by atoms with Crippen LogP contribution in [0.5, 0.6) is 0 Å². The van der Waals surface area contributed by atoms with Crippen LogP contribution in [0.2, 0.25) is 0 Å². The van der Waals surface area contributed by atoms with Gasteiger partial charge in [-0.05, 0) is 38.5 Å². The second-order valence-electron chi connectivity index (χ2n) is 6.72. The van der Waals surface area contributed by atoms with Gasteiger partial charge in [0, 0.05) is 36.5 Å². The van der Waals surface area contributed by atoms with Gasteiger partial charge in [0.05, 0.1) is 5.39 Å². The first-order chi connectivity index (χ1) is 12.5. The van der Waals surface area contributed by atoms with Gasteiger partial charge >= 0.3 is 0 Å². The number of likely N-dealkylation sites (tertiary alicyclic amines) is 1. The molecule has 1 saturated heterocycles. The van der Waals surface area contributed by atoms with E-state index >= 15 is 0 Å². The third-order valence-electron chi connectivity index (χ3n) is 4.69. The van der Waals surface area contributed by atoms with E-state index in [0.29, 0.717) is 24.1 Å². The zero-order chi connectivity index (χ0) is 18.3. The summed E-state index contributed by atoms with van der Waals surface area (Å²) in [6, 6.07) is 10.2. The van der Waals surface area contributed by atoms with Crippen molar-refractivity contribution >= 4 is 16.9 Å². The maximum Gasteiger partial charge on any atom is 0.289 e. The summed E-state index contributed by atoms with van der Waals surface area (Å²) in [6.45, 7) is 5.01. The van der Waals surface area contributed by atoms with E-state index in [-0.39, 0.29) is 23.0 Å². The number of aromatic nitrogens is 2. The summed E-state index contributed by atoms with van der Waals surface area (Å²) in [6.07, 6.45) is 0.798. The minimum absolute atomic E-state index is 0.0793. The highest BCUT2D eigenvalue weighted by Gasteiger charge is 2.31. The smallest absolute Gasteiger partial charge is 0.289 e. The molecule has 132 valence electrons. The largest absolute Gasteiger partial charge is 0.451 e. The van der Waals surface area contributed by atoms with E-state index in [1.807, 2.05) is 19.9 Å². The van der Waals surface area contributed by atoms with Gasteiger partial charge in [0.25, 0.3) is 5.91 Å². The SMILES string of the molecule is Cc1cc(C)nc([C@H]2CCN(C(=O)c3cc(=O)c4ccccc4o3)C2)n1. The molecule has 1 aliphatic rings. The van der Waals surface area contributed by atoms with Crippen LogP contribution in [0, 0.1) is 13.8 Å². The Bertz CT molecular complexity index is 1040. The first-order valence-electron chi connectivity index (χ1n) is 8.65. The Morgan fingerprint density at radius 3 is 2.65 bits per heavy atom. The van der Waals surface area contributed by atoms with Gasteiger partial charge in [0.1, 0.15) is 11.4 Å². The van der Waals surface area contributed by atoms with Crippen LogP contribution in [0.25, 0.3) is 11.0 Å². The maximum atomic E-state index is 12.8. The molecular weight excluding hydrogens is 330 g/mol. The Balaban J connectivity index is 1.59. The van der Waals surface area contributed by atoms with Crippen molar-refractivity contribution in [1.29, 1.82) is 0 Å². The van der Waals surface area contributed by atoms with Crippen molar-refractivity contribution in [2.24, 2.45) is 0 Å². The van der Waals surface area contributed by atoms with Gasteiger partial charge in [-0.2, -0.15) is 0 Å². The Kier molecular flexibility index (Phi) is 4.03. The lowest BCUT2D eigenvalue weighted by atomic mass is 10.1. The molecule has 0 bridgehead atoms. The molecule has 0 spiro atoms. The summed E-state index contributed by atoms with van der Waals surface area (Å²) in [4.78, 5) is 35.8. The molecule has 1 aliphatic heterocycles. The average Bonchev–Trinajstić information content (AvgIpc) is 3.10. The molecule has 6 heteroatoms. The fraction of sp³-hybridized carbons (Fsp3) is 0.300. The summed E-state index contributed by atoms with van der Waals surface area (Å²) in [5.74, 6) is 0.693. The Labute approximate surface area is 150 Å². The van der Waals surface area contributed by atoms with Crippen LogP contribution >= 0.6 is 0 Å². The molecule has 0 saturated carbocycles. The fourth-order valence-electron chi connectivity index (χ4n) is 3.46. The lowest BCUT2D eigenvalue weighted by Crippen LogP contribution is -2.29. The number of carbonyl (C=O) groups is 1. The highest BCUT2D eigenvalue weighted by molar-refractivity contribution is 5.93. The van der Waals surface area contributed by atoms with E-state index < -0.39 is 0 Å². The quantitative estimate of drug-likeness (QED) is 0.711. The number of hydrogen-bond donors (Lipinski definition) is 0. The lowest BCUT2D eigenvalue weighted by Gasteiger charge is -2.16. The van der Waals surface area contributed by atoms with Gasteiger partial charge < -0.3 is 9.32 Å². The molecular formula is C20H19N3O3. The van der Waals surface area contributed by atoms with Crippen LogP contribution in [0.15, 0.2) is 45.6 Å². The van der Waals surface area contributed by atoms with Crippen LogP contribution in [0.1, 0.15) is 40.1 Å². The van der Waals surface area contributed by atoms with Crippen molar-refractivity contribution in [2.45, 2.75) is 26.2 Å². The molecule has 0 radical (unpaired) electrons. The van der Waals surface area contributed by atoms with Gasteiger partial charge in [0.15, 0.2) is 11.2 Å². The molecule has 1 atom stereocenters. The standard InChI is InChI=1S/C20H19N3O3/c1-12-9-13(2)22-19(21-12)14-7-8-23(11-14)20(25)18-10-16(24)15-5-3-4-6-17(15)26-18/h3-6,9-10,14H,7-8,11H2,1-2H3/t14-/m0/s1. The van der Waals surface area contributed by atoms with Gasteiger partial charge in [-0.1, -0.05) is 12.1 Å². The van der Waals surface area contributed by atoms with Gasteiger partial charge in [-0.15, -0.1) is 0 Å². The summed E-state index contributed by atoms with van der Waals surface area (Å²) >= 11 is 0. The van der Waals surface area contributed by atoms with Crippen molar-refractivity contribution in [3.05, 3.63) is 69.6 Å². The monoisotopic (exact) mass is 349 g/mol. The number of aryl methyl sites for hydroxylation is 2. The van der Waals surface area contributed by atoms with Crippen LogP contribution in [0.4, 0.5) is 0 Å². The first kappa shape index (κ1) is 16.4. The highest BCUT2D eigenvalue weighted by Crippen LogP contribution is 2.26. The van der Waals surface area contributed by atoms with Gasteiger partial charge in [0.2, 0.25) is 0 Å². The normalized spacial score (nSPS) is 17.0. The molecule has 0 aliphatic carbocycles. The second-order valence-corrected chi connectivity index (χ2v) is 6.72. The Morgan fingerprint density at radius 1 is 1.15 bits per heavy atom. The molecule has 3 heterocycles. The molecule has 26 heavy (non-hydrogen) atoms. The minimum Gasteiger partial charge on any atom is -0.451 e. The topological polar surface area (TPSA) is 76.3 Å². The first-order valence-corrected chi connectivity index (χ1v) is 8.65. The number of benzene rings is 1. The van der Waals surface area contributed by atoms with E-state index in [9.17, 15) is 9.59 Å². The van der Waals surface area contributed by atoms with E-state index in [4.69, 9.17) is 4.42 Å². The van der Waals surface area contributed by atoms with Crippen LogP contribution in [0.3, 0.4) is 0 Å². The molecule has 6 nitrogen and oxygen atoms in total. The number of rotatable bonds is 2. The molecule has 4 rings (SSSR count). The fourth-order valence-corrected chi connectivity index (χ4v) is 3.46. The summed E-state index contributed by atoms with van der Waals surface area (Å²) < 4.78 is 5.67. The predicted molar refractivity (Wildman–Crippen MR) is 97.3 cm³/mol. The summed E-state index contributed by atoms with van der Waals surface area (Å²) in [5, 5.41) is 0.479. The van der Waals surface area contributed by atoms with Crippen molar-refractivity contribution in [3.8, 4) is 0 Å². The summed E-state index contributed by atoms with van der Waals surface area (Å²) in [5.41, 5.74) is 2.08. The summed E-state index contributed by atoms with van der Waals surface area (Å²) in [7, 11) is 0. The second kappa shape index (κ2) is 6.37. The van der Waals surface area contributed by atoms with Crippen molar-refractivity contribution in [1.82, 2.24) is 14.9 Å². The molecule has 0 unspecified atom stereocenters. The van der Waals surface area contributed by atoms with Crippen LogP contribution in [-0.4, -0.2) is 33.9 Å². The molecule has 0 N–H and O–H groups in total. The highest BCUT2D eigenvalue weighted by atomic mass is 16.3. The molecule has 1 amide bonds. The molecule has 1 fully saturated rings. The van der Waals surface area contributed by atoms with E-state index in [1.54, 1.807) is 29.2 Å². The molecule has 1 aromatic carbocycles. The third-order valence-corrected chi connectivity index (χ3v) is 4.69. The number of hydrogen-bond acceptors (Lipinski definition) is 5. The predicted octanol–water partition coefficient (Wildman–Crippen LogP) is 2.83. The zero-order valence-electron chi connectivity index (χ0n) is 14.7. The van der Waals surface area contributed by atoms with Gasteiger partial charge in [-0.25, -0.2) is 9.97 Å². The molecule has 3 aromatic rings. The minimum atomic E-state index is -0.264. The number of nitrogens with zero attached hydrogens (tertiary/aromatic N) is 3. The zero-order valence-corrected chi connectivity index (χ0v) is 14.7. The maximum absolute atomic E-state index is 12.8. The van der Waals surface area contributed by atoms with Crippen LogP contribution in [-0.2, 0) is 0 Å². The van der Waals surface area contributed by atoms with E-state index in [1.165, 1.54) is 6.07 Å². The Hall–Kier alpha value is -3.02. The van der Waals surface area contributed by atoms with Crippen molar-refractivity contribution in [3.63, 3.8) is 0 Å². The van der Waals surface area contributed by atoms with Crippen molar-refractivity contribution < 1.29 is 9.21 Å². The van der Waals surface area contributed by atoms with E-state index in [2.05, 4.69) is 9.97 Å². The van der Waals surface area contributed by atoms with Crippen molar-refractivity contribution in [2.75, 3.05) is 13.1 Å². The van der Waals surface area contributed by atoms with Crippen LogP contribution < -0.4 is 5.43 Å². The average molecular weight is 349 g/mol. The number of carbonyl (C=O) groups excluding carboxylic acids is 1. The lowest BCUT2D eigenvalue weighted by molar-refractivity contribution is 0.0759. The van der Waals surface area contributed by atoms with Gasteiger partial charge in [-0.3, -0.25) is 9.59 Å². The third kappa shape index (κ3) is 2.98. The van der Waals surface area contributed by atoms with E-state index in [0.717, 1.165) is 23.6 Å². The number of fused-ring (bicyclic) bond motifs is 1. The number of para-hydroxylation sites is 1. The number of amides is 1. The molecule has 2 aromatic heterocycles.